The fourth-order valence-electron chi connectivity index (χ4n) is 2.99. The van der Waals surface area contributed by atoms with Crippen LogP contribution < -0.4 is 10.2 Å². The maximum absolute atomic E-state index is 12.6. The topological polar surface area (TPSA) is 62.3 Å². The summed E-state index contributed by atoms with van der Waals surface area (Å²) < 4.78 is 1.01. The molecule has 0 bridgehead atoms. The molecule has 0 radical (unpaired) electrons. The Morgan fingerprint density at radius 3 is 2.74 bits per heavy atom. The average molecular weight is 442 g/mol. The van der Waals surface area contributed by atoms with E-state index in [-0.39, 0.29) is 11.8 Å². The molecule has 0 spiro atoms. The van der Waals surface area contributed by atoms with Crippen LogP contribution in [0, 0.1) is 0 Å². The number of carbonyl (C=O) groups excluding carboxylic acids is 2. The molecule has 1 fully saturated rings. The van der Waals surface area contributed by atoms with Gasteiger partial charge < -0.3 is 4.90 Å². The minimum Gasteiger partial charge on any atom is -0.312 e. The van der Waals surface area contributed by atoms with Crippen LogP contribution in [-0.4, -0.2) is 23.3 Å². The van der Waals surface area contributed by atoms with Crippen molar-refractivity contribution < 1.29 is 9.59 Å². The highest BCUT2D eigenvalue weighted by Crippen LogP contribution is 2.27. The van der Waals surface area contributed by atoms with Crippen molar-refractivity contribution >= 4 is 49.9 Å². The number of thiazole rings is 1. The number of carbonyl (C=O) groups is 2. The fraction of sp³-hybridized carbons (Fsp3) is 0.150. The number of anilines is 2. The Labute approximate surface area is 169 Å². The molecular weight excluding hydrogens is 426 g/mol. The minimum atomic E-state index is -0.236. The van der Waals surface area contributed by atoms with Gasteiger partial charge in [0.2, 0.25) is 5.91 Å². The summed E-state index contributed by atoms with van der Waals surface area (Å²) in [6.45, 7) is 0.701. The second-order valence-electron chi connectivity index (χ2n) is 6.20. The van der Waals surface area contributed by atoms with Crippen molar-refractivity contribution in [3.8, 4) is 11.3 Å². The Kier molecular flexibility index (Phi) is 5.05. The van der Waals surface area contributed by atoms with Crippen molar-refractivity contribution in [1.82, 2.24) is 4.98 Å². The van der Waals surface area contributed by atoms with Crippen LogP contribution in [0.25, 0.3) is 11.3 Å². The number of amides is 2. The van der Waals surface area contributed by atoms with E-state index in [0.29, 0.717) is 23.7 Å². The van der Waals surface area contributed by atoms with E-state index in [0.717, 1.165) is 27.8 Å². The van der Waals surface area contributed by atoms with Gasteiger partial charge in [0, 0.05) is 39.6 Å². The monoisotopic (exact) mass is 441 g/mol. The van der Waals surface area contributed by atoms with Crippen molar-refractivity contribution in [2.24, 2.45) is 0 Å². The van der Waals surface area contributed by atoms with Crippen molar-refractivity contribution in [1.29, 1.82) is 0 Å². The summed E-state index contributed by atoms with van der Waals surface area (Å²) in [4.78, 5) is 30.7. The molecule has 2 aromatic carbocycles. The van der Waals surface area contributed by atoms with Crippen molar-refractivity contribution in [2.45, 2.75) is 12.8 Å². The summed E-state index contributed by atoms with van der Waals surface area (Å²) in [5, 5.41) is 5.30. The van der Waals surface area contributed by atoms with Gasteiger partial charge in [0.25, 0.3) is 5.91 Å². The number of nitrogens with zero attached hydrogens (tertiary/aromatic N) is 2. The van der Waals surface area contributed by atoms with Crippen LogP contribution >= 0.6 is 27.3 Å². The number of aromatic nitrogens is 1. The summed E-state index contributed by atoms with van der Waals surface area (Å²) in [5.41, 5.74) is 3.08. The minimum absolute atomic E-state index is 0.103. The number of benzene rings is 2. The van der Waals surface area contributed by atoms with Gasteiger partial charge in [-0.3, -0.25) is 14.9 Å². The van der Waals surface area contributed by atoms with Crippen LogP contribution in [0.2, 0.25) is 0 Å². The second-order valence-corrected chi connectivity index (χ2v) is 7.97. The van der Waals surface area contributed by atoms with Crippen LogP contribution in [0.3, 0.4) is 0 Å². The Bertz CT molecular complexity index is 1000. The molecule has 0 atom stereocenters. The molecule has 1 aromatic heterocycles. The highest BCUT2D eigenvalue weighted by molar-refractivity contribution is 9.10. The molecule has 3 aromatic rings. The first-order chi connectivity index (χ1) is 13.1. The zero-order valence-corrected chi connectivity index (χ0v) is 16.7. The number of halogens is 1. The largest absolute Gasteiger partial charge is 0.312 e. The first-order valence-electron chi connectivity index (χ1n) is 8.53. The number of hydrogen-bond donors (Lipinski definition) is 1. The zero-order chi connectivity index (χ0) is 18.8. The summed E-state index contributed by atoms with van der Waals surface area (Å²) in [5.74, 6) is -0.133. The van der Waals surface area contributed by atoms with Gasteiger partial charge in [0.15, 0.2) is 5.13 Å². The van der Waals surface area contributed by atoms with Crippen LogP contribution in [0.1, 0.15) is 23.2 Å². The van der Waals surface area contributed by atoms with E-state index in [2.05, 4.69) is 26.2 Å². The van der Waals surface area contributed by atoms with E-state index in [9.17, 15) is 9.59 Å². The van der Waals surface area contributed by atoms with Gasteiger partial charge in [-0.05, 0) is 36.8 Å². The van der Waals surface area contributed by atoms with Gasteiger partial charge in [-0.1, -0.05) is 34.1 Å². The number of hydrogen-bond acceptors (Lipinski definition) is 4. The lowest BCUT2D eigenvalue weighted by Gasteiger charge is -2.16. The van der Waals surface area contributed by atoms with Crippen molar-refractivity contribution in [3.05, 3.63) is 63.9 Å². The SMILES string of the molecule is O=C(Nc1nc(-c2ccc(Br)cc2)cs1)c1cccc(N2CCCC2=O)c1. The molecule has 0 unspecified atom stereocenters. The normalized spacial score (nSPS) is 13.8. The third-order valence-electron chi connectivity index (χ3n) is 4.36. The molecule has 1 aliphatic rings. The second kappa shape index (κ2) is 7.62. The molecular formula is C20H16BrN3O2S. The van der Waals surface area contributed by atoms with E-state index < -0.39 is 0 Å². The van der Waals surface area contributed by atoms with Crippen LogP contribution in [-0.2, 0) is 4.79 Å². The molecule has 5 nitrogen and oxygen atoms in total. The van der Waals surface area contributed by atoms with E-state index >= 15 is 0 Å². The lowest BCUT2D eigenvalue weighted by molar-refractivity contribution is -0.117. The van der Waals surface area contributed by atoms with Crippen LogP contribution in [0.5, 0.6) is 0 Å². The maximum Gasteiger partial charge on any atom is 0.257 e. The molecule has 1 saturated heterocycles. The molecule has 7 heteroatoms. The molecule has 0 saturated carbocycles. The van der Waals surface area contributed by atoms with Gasteiger partial charge >= 0.3 is 0 Å². The van der Waals surface area contributed by atoms with Gasteiger partial charge in [0.05, 0.1) is 5.69 Å². The molecule has 2 amide bonds. The number of nitrogens with one attached hydrogen (secondary N) is 1. The highest BCUT2D eigenvalue weighted by Gasteiger charge is 2.22. The molecule has 4 rings (SSSR count). The predicted molar refractivity (Wildman–Crippen MR) is 111 cm³/mol. The van der Waals surface area contributed by atoms with E-state index in [4.69, 9.17) is 0 Å². The smallest absolute Gasteiger partial charge is 0.257 e. The maximum atomic E-state index is 12.6. The number of rotatable bonds is 4. The summed E-state index contributed by atoms with van der Waals surface area (Å²) in [7, 11) is 0. The molecule has 1 aliphatic heterocycles. The third kappa shape index (κ3) is 3.94. The zero-order valence-electron chi connectivity index (χ0n) is 14.3. The highest BCUT2D eigenvalue weighted by atomic mass is 79.9. The Balaban J connectivity index is 1.50. The lowest BCUT2D eigenvalue weighted by Crippen LogP contribution is -2.24. The summed E-state index contributed by atoms with van der Waals surface area (Å²) in [6.07, 6.45) is 1.42. The van der Waals surface area contributed by atoms with Gasteiger partial charge in [-0.2, -0.15) is 0 Å². The summed E-state index contributed by atoms with van der Waals surface area (Å²) >= 11 is 4.80. The Morgan fingerprint density at radius 2 is 2.00 bits per heavy atom. The first-order valence-corrected chi connectivity index (χ1v) is 10.2. The average Bonchev–Trinajstić information content (AvgIpc) is 3.31. The molecule has 1 N–H and O–H groups in total. The Hall–Kier alpha value is -2.51. The van der Waals surface area contributed by atoms with E-state index in [1.54, 1.807) is 23.1 Å². The molecule has 27 heavy (non-hydrogen) atoms. The Morgan fingerprint density at radius 1 is 1.19 bits per heavy atom. The molecule has 2 heterocycles. The molecule has 136 valence electrons. The standard InChI is InChI=1S/C20H16BrN3O2S/c21-15-8-6-13(7-9-15)17-12-27-20(22-17)23-19(26)14-3-1-4-16(11-14)24-10-2-5-18(24)25/h1,3-4,6-9,11-12H,2,5,10H2,(H,22,23,26). The quantitative estimate of drug-likeness (QED) is 0.622. The van der Waals surface area contributed by atoms with Gasteiger partial charge in [-0.15, -0.1) is 11.3 Å². The van der Waals surface area contributed by atoms with Crippen molar-refractivity contribution in [3.63, 3.8) is 0 Å². The van der Waals surface area contributed by atoms with Crippen LogP contribution in [0.15, 0.2) is 58.4 Å². The molecule has 0 aliphatic carbocycles. The third-order valence-corrected chi connectivity index (χ3v) is 5.64. The van der Waals surface area contributed by atoms with Gasteiger partial charge in [0.1, 0.15) is 0 Å². The first kappa shape index (κ1) is 17.9. The lowest BCUT2D eigenvalue weighted by atomic mass is 10.2. The summed E-state index contributed by atoms with van der Waals surface area (Å²) in [6, 6.07) is 15.0. The van der Waals surface area contributed by atoms with E-state index in [1.807, 2.05) is 35.7 Å². The predicted octanol–water partition coefficient (Wildman–Crippen LogP) is 4.95. The fourth-order valence-corrected chi connectivity index (χ4v) is 3.97. The van der Waals surface area contributed by atoms with Crippen molar-refractivity contribution in [2.75, 3.05) is 16.8 Å². The van der Waals surface area contributed by atoms with Crippen LogP contribution in [0.4, 0.5) is 10.8 Å². The van der Waals surface area contributed by atoms with Gasteiger partial charge in [-0.25, -0.2) is 4.98 Å². The van der Waals surface area contributed by atoms with E-state index in [1.165, 1.54) is 11.3 Å².